The molecule has 0 aliphatic rings. The molecule has 1 rings (SSSR count). The average molecular weight is 177 g/mol. The third-order valence-electron chi connectivity index (χ3n) is 2.72. The first-order chi connectivity index (χ1) is 6.15. The Morgan fingerprint density at radius 2 is 1.77 bits per heavy atom. The second kappa shape index (κ2) is 4.43. The minimum Gasteiger partial charge on any atom is -0.327 e. The molecule has 1 heteroatoms. The summed E-state index contributed by atoms with van der Waals surface area (Å²) in [5.74, 6) is 0.464. The lowest BCUT2D eigenvalue weighted by Crippen LogP contribution is -2.25. The summed E-state index contributed by atoms with van der Waals surface area (Å²) in [6.07, 6.45) is 1.04. The minimum atomic E-state index is 0.280. The highest BCUT2D eigenvalue weighted by Gasteiger charge is 2.11. The van der Waals surface area contributed by atoms with E-state index in [0.29, 0.717) is 5.92 Å². The Bertz CT molecular complexity index is 250. The van der Waals surface area contributed by atoms with Gasteiger partial charge in [-0.3, -0.25) is 0 Å². The van der Waals surface area contributed by atoms with E-state index in [1.165, 1.54) is 11.1 Å². The number of nitrogens with two attached hydrogens (primary N) is 1. The van der Waals surface area contributed by atoms with Crippen LogP contribution in [0.25, 0.3) is 0 Å². The van der Waals surface area contributed by atoms with Crippen LogP contribution in [0.15, 0.2) is 24.3 Å². The predicted molar refractivity (Wildman–Crippen MR) is 57.9 cm³/mol. The van der Waals surface area contributed by atoms with Crippen LogP contribution in [0.2, 0.25) is 0 Å². The maximum absolute atomic E-state index is 5.99. The molecule has 0 bridgehead atoms. The molecule has 1 aromatic rings. The van der Waals surface area contributed by atoms with Crippen molar-refractivity contribution >= 4 is 0 Å². The fraction of sp³-hybridized carbons (Fsp3) is 0.500. The van der Waals surface area contributed by atoms with Gasteiger partial charge in [-0.1, -0.05) is 43.7 Å². The Labute approximate surface area is 81.0 Å². The molecular weight excluding hydrogens is 158 g/mol. The van der Waals surface area contributed by atoms with Gasteiger partial charge in [0, 0.05) is 6.04 Å². The quantitative estimate of drug-likeness (QED) is 0.755. The van der Waals surface area contributed by atoms with E-state index in [9.17, 15) is 0 Å². The monoisotopic (exact) mass is 177 g/mol. The highest BCUT2D eigenvalue weighted by atomic mass is 14.6. The number of hydrogen-bond donors (Lipinski definition) is 1. The molecule has 2 N–H and O–H groups in total. The molecule has 0 amide bonds. The van der Waals surface area contributed by atoms with Crippen molar-refractivity contribution in [1.82, 2.24) is 0 Å². The maximum Gasteiger partial charge on any atom is 0.0103 e. The lowest BCUT2D eigenvalue weighted by molar-refractivity contribution is 0.551. The summed E-state index contributed by atoms with van der Waals surface area (Å²) in [4.78, 5) is 0. The highest BCUT2D eigenvalue weighted by molar-refractivity contribution is 5.25. The van der Waals surface area contributed by atoms with Crippen molar-refractivity contribution in [3.05, 3.63) is 35.4 Å². The van der Waals surface area contributed by atoms with Gasteiger partial charge in [0.15, 0.2) is 0 Å². The molecule has 0 spiro atoms. The molecule has 0 fully saturated rings. The van der Waals surface area contributed by atoms with Crippen LogP contribution in [0, 0.1) is 6.92 Å². The molecule has 2 unspecified atom stereocenters. The van der Waals surface area contributed by atoms with Gasteiger partial charge in [0.25, 0.3) is 0 Å². The third-order valence-corrected chi connectivity index (χ3v) is 2.72. The van der Waals surface area contributed by atoms with Gasteiger partial charge in [0.2, 0.25) is 0 Å². The summed E-state index contributed by atoms with van der Waals surface area (Å²) in [5.41, 5.74) is 8.64. The fourth-order valence-electron chi connectivity index (χ4n) is 1.47. The summed E-state index contributed by atoms with van der Waals surface area (Å²) in [6.45, 7) is 6.43. The number of benzene rings is 1. The van der Waals surface area contributed by atoms with Crippen molar-refractivity contribution in [1.29, 1.82) is 0 Å². The van der Waals surface area contributed by atoms with E-state index >= 15 is 0 Å². The van der Waals surface area contributed by atoms with Crippen LogP contribution < -0.4 is 5.73 Å². The van der Waals surface area contributed by atoms with Crippen molar-refractivity contribution in [2.75, 3.05) is 0 Å². The lowest BCUT2D eigenvalue weighted by Gasteiger charge is -2.18. The second-order valence-corrected chi connectivity index (χ2v) is 3.77. The molecule has 0 saturated carbocycles. The fourth-order valence-corrected chi connectivity index (χ4v) is 1.47. The van der Waals surface area contributed by atoms with Crippen molar-refractivity contribution in [2.45, 2.75) is 39.2 Å². The van der Waals surface area contributed by atoms with E-state index in [2.05, 4.69) is 45.0 Å². The Morgan fingerprint density at radius 3 is 2.23 bits per heavy atom. The second-order valence-electron chi connectivity index (χ2n) is 3.77. The number of hydrogen-bond acceptors (Lipinski definition) is 1. The molecule has 0 saturated heterocycles. The van der Waals surface area contributed by atoms with E-state index < -0.39 is 0 Å². The molecule has 0 aromatic heterocycles. The van der Waals surface area contributed by atoms with Crippen LogP contribution in [-0.4, -0.2) is 6.04 Å². The maximum atomic E-state index is 5.99. The van der Waals surface area contributed by atoms with Gasteiger partial charge < -0.3 is 5.73 Å². The Hall–Kier alpha value is -0.820. The van der Waals surface area contributed by atoms with Crippen molar-refractivity contribution in [3.63, 3.8) is 0 Å². The van der Waals surface area contributed by atoms with Crippen LogP contribution in [0.5, 0.6) is 0 Å². The van der Waals surface area contributed by atoms with Gasteiger partial charge in [0.05, 0.1) is 0 Å². The zero-order valence-electron chi connectivity index (χ0n) is 8.75. The summed E-state index contributed by atoms with van der Waals surface area (Å²) in [7, 11) is 0. The number of aryl methyl sites for hydroxylation is 1. The van der Waals surface area contributed by atoms with Crippen molar-refractivity contribution in [3.8, 4) is 0 Å². The minimum absolute atomic E-state index is 0.280. The summed E-state index contributed by atoms with van der Waals surface area (Å²) in [5, 5.41) is 0. The van der Waals surface area contributed by atoms with E-state index in [1.54, 1.807) is 0 Å². The van der Waals surface area contributed by atoms with E-state index in [-0.39, 0.29) is 6.04 Å². The molecule has 1 nitrogen and oxygen atoms in total. The van der Waals surface area contributed by atoms with Crippen LogP contribution >= 0.6 is 0 Å². The van der Waals surface area contributed by atoms with Crippen LogP contribution in [-0.2, 0) is 0 Å². The Morgan fingerprint density at radius 1 is 1.23 bits per heavy atom. The first-order valence-corrected chi connectivity index (χ1v) is 4.97. The topological polar surface area (TPSA) is 26.0 Å². The Balaban J connectivity index is 2.77. The molecule has 13 heavy (non-hydrogen) atoms. The SMILES string of the molecule is CCC(N)C(C)c1ccc(C)cc1. The molecule has 72 valence electrons. The van der Waals surface area contributed by atoms with Gasteiger partial charge in [-0.2, -0.15) is 0 Å². The highest BCUT2D eigenvalue weighted by Crippen LogP contribution is 2.19. The predicted octanol–water partition coefficient (Wildman–Crippen LogP) is 2.84. The van der Waals surface area contributed by atoms with Gasteiger partial charge in [-0.15, -0.1) is 0 Å². The molecule has 1 aromatic carbocycles. The van der Waals surface area contributed by atoms with Crippen molar-refractivity contribution < 1.29 is 0 Å². The largest absolute Gasteiger partial charge is 0.327 e. The molecule has 0 aliphatic carbocycles. The smallest absolute Gasteiger partial charge is 0.0103 e. The van der Waals surface area contributed by atoms with Crippen LogP contribution in [0.1, 0.15) is 37.3 Å². The lowest BCUT2D eigenvalue weighted by atomic mass is 9.92. The summed E-state index contributed by atoms with van der Waals surface area (Å²) < 4.78 is 0. The molecule has 0 heterocycles. The normalized spacial score (nSPS) is 15.4. The molecule has 2 atom stereocenters. The first-order valence-electron chi connectivity index (χ1n) is 4.97. The van der Waals surface area contributed by atoms with E-state index in [0.717, 1.165) is 6.42 Å². The summed E-state index contributed by atoms with van der Waals surface area (Å²) in [6, 6.07) is 8.93. The van der Waals surface area contributed by atoms with E-state index in [4.69, 9.17) is 5.73 Å². The van der Waals surface area contributed by atoms with Gasteiger partial charge >= 0.3 is 0 Å². The number of rotatable bonds is 3. The van der Waals surface area contributed by atoms with Gasteiger partial charge in [-0.05, 0) is 24.8 Å². The van der Waals surface area contributed by atoms with Crippen LogP contribution in [0.4, 0.5) is 0 Å². The van der Waals surface area contributed by atoms with Crippen molar-refractivity contribution in [2.24, 2.45) is 5.73 Å². The molecular formula is C12H19N. The van der Waals surface area contributed by atoms with E-state index in [1.807, 2.05) is 0 Å². The van der Waals surface area contributed by atoms with Gasteiger partial charge in [0.1, 0.15) is 0 Å². The summed E-state index contributed by atoms with van der Waals surface area (Å²) >= 11 is 0. The molecule has 0 radical (unpaired) electrons. The molecule has 0 aliphatic heterocycles. The first kappa shape index (κ1) is 10.3. The average Bonchev–Trinajstić information content (AvgIpc) is 2.17. The standard InChI is InChI=1S/C12H19N/c1-4-12(13)10(3)11-7-5-9(2)6-8-11/h5-8,10,12H,4,13H2,1-3H3. The zero-order valence-corrected chi connectivity index (χ0v) is 8.75. The van der Waals surface area contributed by atoms with Crippen LogP contribution in [0.3, 0.4) is 0 Å². The van der Waals surface area contributed by atoms with Gasteiger partial charge in [-0.25, -0.2) is 0 Å². The third kappa shape index (κ3) is 2.56. The zero-order chi connectivity index (χ0) is 9.84. The Kier molecular flexibility index (Phi) is 3.49.